The molecule has 2 aromatic heterocycles. The van der Waals surface area contributed by atoms with Crippen LogP contribution >= 0.6 is 11.8 Å². The van der Waals surface area contributed by atoms with Crippen molar-refractivity contribution in [3.05, 3.63) is 66.2 Å². The normalized spacial score (nSPS) is 11.2. The van der Waals surface area contributed by atoms with Crippen molar-refractivity contribution in [3.63, 3.8) is 0 Å². The number of rotatable bonds is 4. The number of thioether (sulfide) groups is 1. The smallest absolute Gasteiger partial charge is 0.277 e. The van der Waals surface area contributed by atoms with Gasteiger partial charge in [0.05, 0.1) is 6.26 Å². The van der Waals surface area contributed by atoms with Gasteiger partial charge in [-0.2, -0.15) is 0 Å². The van der Waals surface area contributed by atoms with Crippen molar-refractivity contribution >= 4 is 22.7 Å². The summed E-state index contributed by atoms with van der Waals surface area (Å²) in [5.41, 5.74) is 2.52. The van der Waals surface area contributed by atoms with Crippen LogP contribution in [0.25, 0.3) is 22.4 Å². The molecule has 23 heavy (non-hydrogen) atoms. The van der Waals surface area contributed by atoms with Gasteiger partial charge in [0, 0.05) is 16.7 Å². The van der Waals surface area contributed by atoms with E-state index in [1.807, 2.05) is 30.3 Å². The van der Waals surface area contributed by atoms with E-state index in [2.05, 4.69) is 10.2 Å². The van der Waals surface area contributed by atoms with E-state index in [4.69, 9.17) is 8.83 Å². The van der Waals surface area contributed by atoms with Crippen LogP contribution in [0.4, 0.5) is 4.39 Å². The molecular weight excluding hydrogens is 315 g/mol. The van der Waals surface area contributed by atoms with Crippen LogP contribution in [-0.2, 0) is 5.75 Å². The Bertz CT molecular complexity index is 964. The summed E-state index contributed by atoms with van der Waals surface area (Å²) in [6.07, 6.45) is 1.64. The second-order valence-electron chi connectivity index (χ2n) is 4.96. The first kappa shape index (κ1) is 14.0. The minimum Gasteiger partial charge on any atom is -0.464 e. The van der Waals surface area contributed by atoms with Gasteiger partial charge >= 0.3 is 0 Å². The van der Waals surface area contributed by atoms with Gasteiger partial charge in [-0.25, -0.2) is 4.39 Å². The molecule has 4 aromatic rings. The maximum atomic E-state index is 13.2. The Balaban J connectivity index is 1.52. The molecule has 0 aliphatic heterocycles. The third kappa shape index (κ3) is 2.98. The SMILES string of the molecule is Fc1cccc(CSc2nnc(-c3ccc4occc4c3)o2)c1. The number of fused-ring (bicyclic) bond motifs is 1. The van der Waals surface area contributed by atoms with Gasteiger partial charge in [0.1, 0.15) is 11.4 Å². The van der Waals surface area contributed by atoms with Crippen molar-refractivity contribution in [2.24, 2.45) is 0 Å². The number of aromatic nitrogens is 2. The number of hydrogen-bond acceptors (Lipinski definition) is 5. The monoisotopic (exact) mass is 326 g/mol. The minimum atomic E-state index is -0.247. The van der Waals surface area contributed by atoms with Crippen molar-refractivity contribution in [1.29, 1.82) is 0 Å². The van der Waals surface area contributed by atoms with E-state index in [1.165, 1.54) is 23.9 Å². The van der Waals surface area contributed by atoms with Gasteiger partial charge in [-0.15, -0.1) is 10.2 Å². The fourth-order valence-electron chi connectivity index (χ4n) is 2.26. The molecule has 114 valence electrons. The van der Waals surface area contributed by atoms with Crippen LogP contribution in [0.1, 0.15) is 5.56 Å². The zero-order valence-corrected chi connectivity index (χ0v) is 12.7. The van der Waals surface area contributed by atoms with Crippen LogP contribution < -0.4 is 0 Å². The Labute approximate surface area is 135 Å². The summed E-state index contributed by atoms with van der Waals surface area (Å²) in [6, 6.07) is 14.0. The zero-order chi connectivity index (χ0) is 15.6. The average Bonchev–Trinajstić information content (AvgIpc) is 3.21. The molecule has 0 aliphatic rings. The molecule has 0 unspecified atom stereocenters. The number of hydrogen-bond donors (Lipinski definition) is 0. The van der Waals surface area contributed by atoms with Gasteiger partial charge in [-0.05, 0) is 42.0 Å². The van der Waals surface area contributed by atoms with E-state index in [-0.39, 0.29) is 5.82 Å². The summed E-state index contributed by atoms with van der Waals surface area (Å²) in [5.74, 6) is 0.776. The largest absolute Gasteiger partial charge is 0.464 e. The van der Waals surface area contributed by atoms with Crippen LogP contribution in [0.15, 0.2) is 68.9 Å². The molecule has 0 radical (unpaired) electrons. The molecule has 0 spiro atoms. The lowest BCUT2D eigenvalue weighted by molar-refractivity contribution is 0.466. The van der Waals surface area contributed by atoms with Gasteiger partial charge in [0.15, 0.2) is 0 Å². The quantitative estimate of drug-likeness (QED) is 0.499. The van der Waals surface area contributed by atoms with E-state index < -0.39 is 0 Å². The van der Waals surface area contributed by atoms with Crippen molar-refractivity contribution in [2.75, 3.05) is 0 Å². The Hall–Kier alpha value is -2.60. The molecule has 6 heteroatoms. The van der Waals surface area contributed by atoms with E-state index in [1.54, 1.807) is 12.3 Å². The van der Waals surface area contributed by atoms with Crippen LogP contribution in [0.2, 0.25) is 0 Å². The van der Waals surface area contributed by atoms with Crippen molar-refractivity contribution in [3.8, 4) is 11.5 Å². The van der Waals surface area contributed by atoms with Gasteiger partial charge < -0.3 is 8.83 Å². The first-order chi connectivity index (χ1) is 11.3. The first-order valence-electron chi connectivity index (χ1n) is 6.96. The first-order valence-corrected chi connectivity index (χ1v) is 7.95. The molecule has 0 saturated carbocycles. The number of nitrogens with zero attached hydrogens (tertiary/aromatic N) is 2. The second kappa shape index (κ2) is 5.89. The van der Waals surface area contributed by atoms with Crippen LogP contribution in [0.3, 0.4) is 0 Å². The van der Waals surface area contributed by atoms with Crippen molar-refractivity contribution in [2.45, 2.75) is 11.0 Å². The van der Waals surface area contributed by atoms with Gasteiger partial charge in [0.25, 0.3) is 5.22 Å². The summed E-state index contributed by atoms with van der Waals surface area (Å²) >= 11 is 1.38. The number of benzene rings is 2. The van der Waals surface area contributed by atoms with E-state index >= 15 is 0 Å². The lowest BCUT2D eigenvalue weighted by Gasteiger charge is -1.98. The molecule has 0 bridgehead atoms. The molecule has 2 aromatic carbocycles. The molecule has 0 atom stereocenters. The Morgan fingerprint density at radius 3 is 2.91 bits per heavy atom. The summed E-state index contributed by atoms with van der Waals surface area (Å²) in [5, 5.41) is 9.53. The predicted molar refractivity (Wildman–Crippen MR) is 85.5 cm³/mol. The van der Waals surface area contributed by atoms with E-state index in [0.717, 1.165) is 22.1 Å². The Morgan fingerprint density at radius 2 is 2.00 bits per heavy atom. The summed E-state index contributed by atoms with van der Waals surface area (Å²) in [7, 11) is 0. The second-order valence-corrected chi connectivity index (χ2v) is 5.89. The molecule has 0 N–H and O–H groups in total. The summed E-state index contributed by atoms with van der Waals surface area (Å²) in [4.78, 5) is 0. The summed E-state index contributed by atoms with van der Waals surface area (Å²) < 4.78 is 24.1. The van der Waals surface area contributed by atoms with E-state index in [0.29, 0.717) is 16.9 Å². The lowest BCUT2D eigenvalue weighted by Crippen LogP contribution is -1.82. The van der Waals surface area contributed by atoms with Crippen molar-refractivity contribution < 1.29 is 13.2 Å². The Kier molecular flexibility index (Phi) is 3.59. The lowest BCUT2D eigenvalue weighted by atomic mass is 10.1. The van der Waals surface area contributed by atoms with Gasteiger partial charge in [0.2, 0.25) is 5.89 Å². The molecule has 2 heterocycles. The topological polar surface area (TPSA) is 52.1 Å². The minimum absolute atomic E-state index is 0.247. The molecule has 0 aliphatic carbocycles. The molecule has 0 amide bonds. The maximum Gasteiger partial charge on any atom is 0.277 e. The van der Waals surface area contributed by atoms with Crippen LogP contribution in [0, 0.1) is 5.82 Å². The molecular formula is C17H11FN2O2S. The molecule has 0 saturated heterocycles. The highest BCUT2D eigenvalue weighted by molar-refractivity contribution is 7.98. The Morgan fingerprint density at radius 1 is 1.04 bits per heavy atom. The molecule has 4 nitrogen and oxygen atoms in total. The fourth-order valence-corrected chi connectivity index (χ4v) is 2.96. The number of furan rings is 1. The fraction of sp³-hybridized carbons (Fsp3) is 0.0588. The van der Waals surface area contributed by atoms with Crippen LogP contribution in [-0.4, -0.2) is 10.2 Å². The van der Waals surface area contributed by atoms with Crippen LogP contribution in [0.5, 0.6) is 0 Å². The predicted octanol–water partition coefficient (Wildman–Crippen LogP) is 4.91. The zero-order valence-electron chi connectivity index (χ0n) is 11.9. The standard InChI is InChI=1S/C17H11FN2O2S/c18-14-3-1-2-11(8-14)10-23-17-20-19-16(22-17)13-4-5-15-12(9-13)6-7-21-15/h1-9H,10H2. The van der Waals surface area contributed by atoms with Gasteiger partial charge in [-0.3, -0.25) is 0 Å². The third-order valence-electron chi connectivity index (χ3n) is 3.36. The highest BCUT2D eigenvalue weighted by Crippen LogP contribution is 2.28. The summed E-state index contributed by atoms with van der Waals surface area (Å²) in [6.45, 7) is 0. The highest BCUT2D eigenvalue weighted by atomic mass is 32.2. The molecule has 4 rings (SSSR count). The average molecular weight is 326 g/mol. The number of halogens is 1. The van der Waals surface area contributed by atoms with Gasteiger partial charge in [-0.1, -0.05) is 23.9 Å². The highest BCUT2D eigenvalue weighted by Gasteiger charge is 2.10. The van der Waals surface area contributed by atoms with E-state index in [9.17, 15) is 4.39 Å². The third-order valence-corrected chi connectivity index (χ3v) is 4.25. The maximum absolute atomic E-state index is 13.2. The van der Waals surface area contributed by atoms with Crippen molar-refractivity contribution in [1.82, 2.24) is 10.2 Å². The molecule has 0 fully saturated rings.